The number of unbranched alkanes of at least 4 members (excludes halogenated alkanes) is 9. The standard InChI is InChI=1S/C18H36N2O3/c1-4-5-6-7-8-9-10-11-12-13-14-17(21)19-16-20(2,3)15-18(22)23/h4-16H2,1-3H3,(H-,19,21,22,23). The van der Waals surface area contributed by atoms with Gasteiger partial charge < -0.3 is 19.7 Å². The van der Waals surface area contributed by atoms with Crippen LogP contribution < -0.4 is 10.4 Å². The van der Waals surface area contributed by atoms with Crippen LogP contribution in [0.5, 0.6) is 0 Å². The fourth-order valence-corrected chi connectivity index (χ4v) is 2.57. The van der Waals surface area contributed by atoms with Crippen LogP contribution in [0.2, 0.25) is 0 Å². The van der Waals surface area contributed by atoms with Crippen molar-refractivity contribution in [2.24, 2.45) is 0 Å². The Hall–Kier alpha value is -1.10. The number of carboxylic acid groups (broad SMARTS) is 1. The van der Waals surface area contributed by atoms with Gasteiger partial charge in [0.25, 0.3) is 0 Å². The average Bonchev–Trinajstić information content (AvgIpc) is 2.46. The Kier molecular flexibility index (Phi) is 12.7. The lowest BCUT2D eigenvalue weighted by Crippen LogP contribution is -2.53. The number of carboxylic acids is 1. The van der Waals surface area contributed by atoms with Crippen LogP contribution in [0.15, 0.2) is 0 Å². The zero-order valence-electron chi connectivity index (χ0n) is 15.4. The van der Waals surface area contributed by atoms with Crippen molar-refractivity contribution in [3.63, 3.8) is 0 Å². The normalized spacial score (nSPS) is 11.4. The summed E-state index contributed by atoms with van der Waals surface area (Å²) in [7, 11) is 3.52. The minimum Gasteiger partial charge on any atom is -0.544 e. The molecule has 0 saturated heterocycles. The maximum absolute atomic E-state index is 11.7. The predicted molar refractivity (Wildman–Crippen MR) is 91.5 cm³/mol. The van der Waals surface area contributed by atoms with Gasteiger partial charge >= 0.3 is 0 Å². The number of hydrogen-bond donors (Lipinski definition) is 1. The Morgan fingerprint density at radius 3 is 1.83 bits per heavy atom. The predicted octanol–water partition coefficient (Wildman–Crippen LogP) is 2.20. The summed E-state index contributed by atoms with van der Waals surface area (Å²) < 4.78 is 0.201. The molecular formula is C18H36N2O3. The summed E-state index contributed by atoms with van der Waals surface area (Å²) in [6.45, 7) is 2.46. The van der Waals surface area contributed by atoms with E-state index in [1.807, 2.05) is 0 Å². The van der Waals surface area contributed by atoms with Crippen LogP contribution in [0.4, 0.5) is 0 Å². The molecule has 5 nitrogen and oxygen atoms in total. The van der Waals surface area contributed by atoms with E-state index in [1.54, 1.807) is 14.1 Å². The molecule has 1 amide bonds. The lowest BCUT2D eigenvalue weighted by atomic mass is 10.1. The van der Waals surface area contributed by atoms with E-state index in [4.69, 9.17) is 0 Å². The molecule has 0 radical (unpaired) electrons. The van der Waals surface area contributed by atoms with Gasteiger partial charge in [0.2, 0.25) is 5.91 Å². The smallest absolute Gasteiger partial charge is 0.224 e. The Bertz CT molecular complexity index is 330. The quantitative estimate of drug-likeness (QED) is 0.285. The van der Waals surface area contributed by atoms with Crippen LogP contribution in [-0.4, -0.2) is 43.7 Å². The summed E-state index contributed by atoms with van der Waals surface area (Å²) in [6, 6.07) is 0. The van der Waals surface area contributed by atoms with Crippen molar-refractivity contribution in [3.05, 3.63) is 0 Å². The first-order valence-corrected chi connectivity index (χ1v) is 9.16. The summed E-state index contributed by atoms with van der Waals surface area (Å²) in [5, 5.41) is 13.4. The van der Waals surface area contributed by atoms with Crippen LogP contribution in [-0.2, 0) is 9.59 Å². The molecule has 0 aliphatic rings. The summed E-state index contributed by atoms with van der Waals surface area (Å²) in [4.78, 5) is 22.3. The molecule has 0 rings (SSSR count). The van der Waals surface area contributed by atoms with Crippen LogP contribution in [0.1, 0.15) is 77.6 Å². The van der Waals surface area contributed by atoms with E-state index in [0.717, 1.165) is 12.8 Å². The van der Waals surface area contributed by atoms with Gasteiger partial charge in [0.05, 0.1) is 20.1 Å². The molecule has 0 heterocycles. The molecule has 0 fully saturated rings. The molecule has 5 heteroatoms. The van der Waals surface area contributed by atoms with E-state index < -0.39 is 5.97 Å². The van der Waals surface area contributed by atoms with Crippen LogP contribution >= 0.6 is 0 Å². The molecule has 0 spiro atoms. The summed E-state index contributed by atoms with van der Waals surface area (Å²) >= 11 is 0. The zero-order valence-corrected chi connectivity index (χ0v) is 15.4. The molecule has 136 valence electrons. The first-order valence-electron chi connectivity index (χ1n) is 9.16. The highest BCUT2D eigenvalue weighted by Gasteiger charge is 2.16. The molecule has 0 aliphatic carbocycles. The lowest BCUT2D eigenvalue weighted by Gasteiger charge is -2.29. The number of hydrogen-bond acceptors (Lipinski definition) is 3. The van der Waals surface area contributed by atoms with Crippen molar-refractivity contribution in [2.45, 2.75) is 77.6 Å². The van der Waals surface area contributed by atoms with Gasteiger partial charge in [-0.15, -0.1) is 0 Å². The monoisotopic (exact) mass is 328 g/mol. The Labute approximate surface area is 142 Å². The maximum atomic E-state index is 11.7. The van der Waals surface area contributed by atoms with Gasteiger partial charge in [0, 0.05) is 6.42 Å². The minimum absolute atomic E-state index is 0.00844. The molecule has 0 aromatic rings. The highest BCUT2D eigenvalue weighted by atomic mass is 16.4. The van der Waals surface area contributed by atoms with E-state index in [2.05, 4.69) is 12.2 Å². The first-order chi connectivity index (χ1) is 10.9. The van der Waals surface area contributed by atoms with Crippen molar-refractivity contribution in [1.82, 2.24) is 5.32 Å². The molecule has 0 bridgehead atoms. The Morgan fingerprint density at radius 1 is 0.870 bits per heavy atom. The van der Waals surface area contributed by atoms with Crippen LogP contribution in [0, 0.1) is 0 Å². The number of carbonyl (C=O) groups is 2. The van der Waals surface area contributed by atoms with E-state index >= 15 is 0 Å². The molecule has 0 aliphatic heterocycles. The number of aliphatic carboxylic acids is 1. The summed E-state index contributed by atoms with van der Waals surface area (Å²) in [6.07, 6.45) is 13.0. The number of nitrogens with zero attached hydrogens (tertiary/aromatic N) is 1. The molecule has 1 N–H and O–H groups in total. The third kappa shape index (κ3) is 15.6. The van der Waals surface area contributed by atoms with Crippen molar-refractivity contribution >= 4 is 11.9 Å². The number of likely N-dealkylation sites (N-methyl/N-ethyl adjacent to an activating group) is 1. The van der Waals surface area contributed by atoms with Gasteiger partial charge in [-0.3, -0.25) is 4.79 Å². The first kappa shape index (κ1) is 21.9. The van der Waals surface area contributed by atoms with Gasteiger partial charge in [-0.05, 0) is 6.42 Å². The number of rotatable bonds is 15. The highest BCUT2D eigenvalue weighted by molar-refractivity contribution is 5.75. The molecule has 0 aromatic carbocycles. The molecule has 0 saturated carbocycles. The van der Waals surface area contributed by atoms with Gasteiger partial charge in [0.15, 0.2) is 6.67 Å². The van der Waals surface area contributed by atoms with Crippen LogP contribution in [0.3, 0.4) is 0 Å². The second-order valence-electron chi connectivity index (χ2n) is 7.16. The zero-order chi connectivity index (χ0) is 17.6. The molecule has 0 unspecified atom stereocenters. The van der Waals surface area contributed by atoms with Crippen molar-refractivity contribution in [1.29, 1.82) is 0 Å². The third-order valence-electron chi connectivity index (χ3n) is 4.02. The van der Waals surface area contributed by atoms with Crippen molar-refractivity contribution < 1.29 is 19.2 Å². The lowest BCUT2D eigenvalue weighted by molar-refractivity contribution is -0.886. The van der Waals surface area contributed by atoms with Crippen molar-refractivity contribution in [2.75, 3.05) is 27.3 Å². The third-order valence-corrected chi connectivity index (χ3v) is 4.02. The average molecular weight is 328 g/mol. The Morgan fingerprint density at radius 2 is 1.35 bits per heavy atom. The minimum atomic E-state index is -1.10. The topological polar surface area (TPSA) is 69.2 Å². The van der Waals surface area contributed by atoms with Crippen molar-refractivity contribution in [3.8, 4) is 0 Å². The molecule has 0 aromatic heterocycles. The van der Waals surface area contributed by atoms with E-state index in [9.17, 15) is 14.7 Å². The van der Waals surface area contributed by atoms with Gasteiger partial charge in [0.1, 0.15) is 6.54 Å². The summed E-state index contributed by atoms with van der Waals surface area (Å²) in [5.74, 6) is -1.09. The highest BCUT2D eigenvalue weighted by Crippen LogP contribution is 2.11. The van der Waals surface area contributed by atoms with Crippen LogP contribution in [0.25, 0.3) is 0 Å². The maximum Gasteiger partial charge on any atom is 0.224 e. The molecule has 23 heavy (non-hydrogen) atoms. The number of nitrogens with one attached hydrogen (secondary N) is 1. The van der Waals surface area contributed by atoms with E-state index in [-0.39, 0.29) is 16.9 Å². The fourth-order valence-electron chi connectivity index (χ4n) is 2.57. The van der Waals surface area contributed by atoms with Gasteiger partial charge in [-0.2, -0.15) is 0 Å². The number of carbonyl (C=O) groups excluding carboxylic acids is 2. The fraction of sp³-hybridized carbons (Fsp3) is 0.889. The SMILES string of the molecule is CCCCCCCCCCCCC(=O)NC[N+](C)(C)CC(=O)[O-]. The van der Waals surface area contributed by atoms with Gasteiger partial charge in [-0.25, -0.2) is 0 Å². The number of quaternary nitrogens is 1. The van der Waals surface area contributed by atoms with Gasteiger partial charge in [-0.1, -0.05) is 64.7 Å². The largest absolute Gasteiger partial charge is 0.544 e. The second-order valence-corrected chi connectivity index (χ2v) is 7.16. The summed E-state index contributed by atoms with van der Waals surface area (Å²) in [5.41, 5.74) is 0. The van der Waals surface area contributed by atoms with E-state index in [0.29, 0.717) is 13.1 Å². The number of amides is 1. The second kappa shape index (κ2) is 13.3. The molecule has 0 atom stereocenters. The Balaban J connectivity index is 3.45. The van der Waals surface area contributed by atoms with E-state index in [1.165, 1.54) is 51.4 Å². The molecular weight excluding hydrogens is 292 g/mol.